The number of anilines is 1. The highest BCUT2D eigenvalue weighted by Crippen LogP contribution is 2.22. The van der Waals surface area contributed by atoms with Crippen LogP contribution in [0.5, 0.6) is 0 Å². The number of nitrogens with zero attached hydrogens (tertiary/aromatic N) is 2. The number of nitro groups is 1. The number of rotatable bonds is 5. The number of nitro benzene ring substituents is 1. The maximum atomic E-state index is 12.4. The molecule has 0 unspecified atom stereocenters. The molecular weight excluding hydrogens is 374 g/mol. The number of carbonyl (C=O) groups is 1. The van der Waals surface area contributed by atoms with Crippen LogP contribution in [-0.4, -0.2) is 15.4 Å². The summed E-state index contributed by atoms with van der Waals surface area (Å²) in [5.74, 6) is -1.17. The molecule has 4 rings (SSSR count). The summed E-state index contributed by atoms with van der Waals surface area (Å²) in [5, 5.41) is 13.6. The Labute approximate surface area is 164 Å². The molecule has 1 aromatic heterocycles. The van der Waals surface area contributed by atoms with E-state index in [4.69, 9.17) is 4.42 Å². The first-order chi connectivity index (χ1) is 14.0. The quantitative estimate of drug-likeness (QED) is 0.412. The molecule has 0 saturated carbocycles. The average molecular weight is 389 g/mol. The number of aromatic nitrogens is 1. The molecule has 0 bridgehead atoms. The van der Waals surface area contributed by atoms with Crippen molar-refractivity contribution in [3.63, 3.8) is 0 Å². The molecule has 3 aromatic carbocycles. The lowest BCUT2D eigenvalue weighted by Gasteiger charge is -2.07. The van der Waals surface area contributed by atoms with Crippen LogP contribution in [0.25, 0.3) is 22.2 Å². The molecule has 29 heavy (non-hydrogen) atoms. The second-order valence-electron chi connectivity index (χ2n) is 6.35. The fraction of sp³-hybridized carbons (Fsp3) is 0.0476. The summed E-state index contributed by atoms with van der Waals surface area (Å²) in [6.45, 7) is -0.274. The van der Waals surface area contributed by atoms with Gasteiger partial charge in [-0.2, -0.15) is 0 Å². The van der Waals surface area contributed by atoms with Crippen molar-refractivity contribution >= 4 is 28.4 Å². The van der Waals surface area contributed by atoms with Crippen LogP contribution in [0.2, 0.25) is 0 Å². The second kappa shape index (κ2) is 7.43. The van der Waals surface area contributed by atoms with Crippen LogP contribution >= 0.6 is 0 Å². The summed E-state index contributed by atoms with van der Waals surface area (Å²) in [6.07, 6.45) is 0. The summed E-state index contributed by atoms with van der Waals surface area (Å²) in [5.41, 5.74) is 2.85. The molecule has 0 radical (unpaired) electrons. The second-order valence-corrected chi connectivity index (χ2v) is 6.35. The lowest BCUT2D eigenvalue weighted by atomic mass is 10.1. The molecule has 0 spiro atoms. The summed E-state index contributed by atoms with van der Waals surface area (Å²) in [7, 11) is 0. The van der Waals surface area contributed by atoms with Crippen LogP contribution in [0.4, 0.5) is 11.4 Å². The minimum atomic E-state index is -0.755. The fourth-order valence-electron chi connectivity index (χ4n) is 3.04. The van der Waals surface area contributed by atoms with Gasteiger partial charge in [-0.25, -0.2) is 4.79 Å². The number of fused-ring (bicyclic) bond motifs is 1. The van der Waals surface area contributed by atoms with Gasteiger partial charge < -0.3 is 9.73 Å². The highest BCUT2D eigenvalue weighted by Gasteiger charge is 2.16. The zero-order chi connectivity index (χ0) is 20.4. The van der Waals surface area contributed by atoms with Gasteiger partial charge >= 0.3 is 5.76 Å². The number of oxazole rings is 1. The predicted octanol–water partition coefficient (Wildman–Crippen LogP) is 3.81. The van der Waals surface area contributed by atoms with Gasteiger partial charge in [-0.15, -0.1) is 0 Å². The van der Waals surface area contributed by atoms with Crippen LogP contribution in [0.1, 0.15) is 0 Å². The molecule has 0 fully saturated rings. The highest BCUT2D eigenvalue weighted by atomic mass is 16.6. The van der Waals surface area contributed by atoms with Gasteiger partial charge in [0.2, 0.25) is 5.91 Å². The Balaban J connectivity index is 1.51. The van der Waals surface area contributed by atoms with Gasteiger partial charge in [0.15, 0.2) is 5.58 Å². The van der Waals surface area contributed by atoms with Crippen LogP contribution in [0, 0.1) is 10.1 Å². The third-order valence-electron chi connectivity index (χ3n) is 4.44. The Morgan fingerprint density at radius 1 is 1.00 bits per heavy atom. The van der Waals surface area contributed by atoms with Gasteiger partial charge in [0.1, 0.15) is 6.54 Å². The largest absolute Gasteiger partial charge is 0.420 e. The normalized spacial score (nSPS) is 10.8. The predicted molar refractivity (Wildman–Crippen MR) is 108 cm³/mol. The van der Waals surface area contributed by atoms with E-state index in [0.717, 1.165) is 21.8 Å². The number of benzene rings is 3. The van der Waals surface area contributed by atoms with Crippen molar-refractivity contribution in [2.45, 2.75) is 6.54 Å². The van der Waals surface area contributed by atoms with Gasteiger partial charge in [0, 0.05) is 11.8 Å². The maximum absolute atomic E-state index is 12.4. The van der Waals surface area contributed by atoms with E-state index in [0.29, 0.717) is 11.2 Å². The molecule has 0 atom stereocenters. The van der Waals surface area contributed by atoms with E-state index < -0.39 is 16.6 Å². The summed E-state index contributed by atoms with van der Waals surface area (Å²) in [4.78, 5) is 34.7. The molecule has 4 aromatic rings. The Bertz CT molecular complexity index is 1260. The van der Waals surface area contributed by atoms with E-state index in [1.54, 1.807) is 12.1 Å². The minimum Gasteiger partial charge on any atom is -0.407 e. The molecule has 0 aliphatic heterocycles. The molecule has 0 saturated heterocycles. The van der Waals surface area contributed by atoms with Crippen molar-refractivity contribution in [1.29, 1.82) is 0 Å². The van der Waals surface area contributed by atoms with Crippen LogP contribution in [0.3, 0.4) is 0 Å². The van der Waals surface area contributed by atoms with Gasteiger partial charge in [-0.1, -0.05) is 42.5 Å². The molecule has 8 heteroatoms. The number of amides is 1. The first kappa shape index (κ1) is 18.2. The third kappa shape index (κ3) is 3.77. The maximum Gasteiger partial charge on any atom is 0.420 e. The van der Waals surface area contributed by atoms with Gasteiger partial charge in [0.25, 0.3) is 5.69 Å². The molecule has 144 valence electrons. The van der Waals surface area contributed by atoms with E-state index in [1.165, 1.54) is 12.1 Å². The van der Waals surface area contributed by atoms with Crippen LogP contribution in [-0.2, 0) is 11.3 Å². The smallest absolute Gasteiger partial charge is 0.407 e. The Morgan fingerprint density at radius 2 is 1.69 bits per heavy atom. The van der Waals surface area contributed by atoms with Crippen molar-refractivity contribution in [3.8, 4) is 11.1 Å². The van der Waals surface area contributed by atoms with Crippen LogP contribution in [0.15, 0.2) is 82.0 Å². The Kier molecular flexibility index (Phi) is 4.66. The van der Waals surface area contributed by atoms with Crippen molar-refractivity contribution < 1.29 is 14.1 Å². The van der Waals surface area contributed by atoms with E-state index in [1.807, 2.05) is 42.5 Å². The van der Waals surface area contributed by atoms with Crippen molar-refractivity contribution in [1.82, 2.24) is 4.57 Å². The molecule has 8 nitrogen and oxygen atoms in total. The number of carbonyl (C=O) groups excluding carboxylic acids is 1. The zero-order valence-electron chi connectivity index (χ0n) is 15.1. The van der Waals surface area contributed by atoms with Gasteiger partial charge in [0.05, 0.1) is 16.5 Å². The van der Waals surface area contributed by atoms with E-state index in [9.17, 15) is 19.7 Å². The monoisotopic (exact) mass is 389 g/mol. The van der Waals surface area contributed by atoms with Crippen molar-refractivity contribution in [2.24, 2.45) is 0 Å². The minimum absolute atomic E-state index is 0.0595. The summed E-state index contributed by atoms with van der Waals surface area (Å²) >= 11 is 0. The summed E-state index contributed by atoms with van der Waals surface area (Å²) in [6, 6.07) is 21.0. The first-order valence-electron chi connectivity index (χ1n) is 8.74. The van der Waals surface area contributed by atoms with E-state index >= 15 is 0 Å². The number of non-ortho nitro benzene ring substituents is 1. The number of nitrogens with one attached hydrogen (secondary N) is 1. The third-order valence-corrected chi connectivity index (χ3v) is 4.44. The molecule has 0 aliphatic rings. The topological polar surface area (TPSA) is 107 Å². The number of hydrogen-bond donors (Lipinski definition) is 1. The van der Waals surface area contributed by atoms with Crippen molar-refractivity contribution in [3.05, 3.63) is 93.5 Å². The molecule has 1 amide bonds. The molecule has 1 heterocycles. The van der Waals surface area contributed by atoms with Crippen LogP contribution < -0.4 is 11.1 Å². The molecule has 0 aliphatic carbocycles. The average Bonchev–Trinajstić information content (AvgIpc) is 3.03. The Hall–Kier alpha value is -4.20. The fourth-order valence-corrected chi connectivity index (χ4v) is 3.04. The van der Waals surface area contributed by atoms with E-state index in [-0.39, 0.29) is 17.8 Å². The molecule has 1 N–H and O–H groups in total. The van der Waals surface area contributed by atoms with Gasteiger partial charge in [-0.3, -0.25) is 19.5 Å². The summed E-state index contributed by atoms with van der Waals surface area (Å²) < 4.78 is 6.16. The van der Waals surface area contributed by atoms with Crippen molar-refractivity contribution in [2.75, 3.05) is 5.32 Å². The first-order valence-corrected chi connectivity index (χ1v) is 8.74. The highest BCUT2D eigenvalue weighted by molar-refractivity contribution is 5.91. The lowest BCUT2D eigenvalue weighted by Crippen LogP contribution is -2.24. The van der Waals surface area contributed by atoms with E-state index in [2.05, 4.69) is 5.32 Å². The SMILES string of the molecule is O=C(Cn1c(=O)oc2cc([N+](=O)[O-])ccc21)Nc1ccc(-c2ccccc2)cc1. The lowest BCUT2D eigenvalue weighted by molar-refractivity contribution is -0.384. The number of hydrogen-bond acceptors (Lipinski definition) is 5. The standard InChI is InChI=1S/C21H15N3O5/c25-20(22-16-8-6-15(7-9-16)14-4-2-1-3-5-14)13-23-18-11-10-17(24(27)28)12-19(18)29-21(23)26/h1-12H,13H2,(H,22,25). The molecular formula is C21H15N3O5. The zero-order valence-corrected chi connectivity index (χ0v) is 15.1. The van der Waals surface area contributed by atoms with Gasteiger partial charge in [-0.05, 0) is 29.3 Å². The Morgan fingerprint density at radius 3 is 2.38 bits per heavy atom.